The van der Waals surface area contributed by atoms with Crippen LogP contribution in [0.3, 0.4) is 0 Å². The van der Waals surface area contributed by atoms with E-state index >= 15 is 0 Å². The molecule has 0 aromatic carbocycles. The van der Waals surface area contributed by atoms with E-state index < -0.39 is 10.4 Å². The lowest BCUT2D eigenvalue weighted by molar-refractivity contribution is -0.114. The van der Waals surface area contributed by atoms with Gasteiger partial charge in [0.1, 0.15) is 0 Å². The van der Waals surface area contributed by atoms with E-state index in [1.807, 2.05) is 0 Å². The number of unbranched alkanes of at least 4 members (excludes halogenated alkanes) is 1. The molecule has 0 saturated heterocycles. The molecule has 1 unspecified atom stereocenters. The molecule has 1 atom stereocenters. The van der Waals surface area contributed by atoms with Crippen molar-refractivity contribution in [1.82, 2.24) is 0 Å². The number of hydrogen-bond donors (Lipinski definition) is 5. The fourth-order valence-corrected chi connectivity index (χ4v) is 1.84. The van der Waals surface area contributed by atoms with Crippen LogP contribution in [0.15, 0.2) is 0 Å². The molecule has 0 saturated carbocycles. The molecule has 7 N–H and O–H groups in total. The second kappa shape index (κ2) is 11.2. The Labute approximate surface area is 117 Å². The first kappa shape index (κ1) is 20.6. The highest BCUT2D eigenvalue weighted by Gasteiger charge is 2.18. The van der Waals surface area contributed by atoms with Crippen LogP contribution in [0, 0.1) is 11.3 Å². The lowest BCUT2D eigenvalue weighted by atomic mass is 10.0. The summed E-state index contributed by atoms with van der Waals surface area (Å²) >= 11 is 0.820. The fourth-order valence-electron chi connectivity index (χ4n) is 1.22. The largest absolute Gasteiger partial charge is 0.394 e. The van der Waals surface area contributed by atoms with Gasteiger partial charge in [-0.1, -0.05) is 19.8 Å². The van der Waals surface area contributed by atoms with Gasteiger partial charge in [-0.25, -0.2) is 0 Å². The minimum Gasteiger partial charge on any atom is -0.378 e. The Morgan fingerprint density at radius 2 is 1.84 bits per heavy atom. The summed E-state index contributed by atoms with van der Waals surface area (Å²) in [6.45, 7) is 2.60. The predicted molar refractivity (Wildman–Crippen MR) is 75.4 cm³/mol. The van der Waals surface area contributed by atoms with E-state index in [4.69, 9.17) is 34.4 Å². The first-order valence-electron chi connectivity index (χ1n) is 5.57. The summed E-state index contributed by atoms with van der Waals surface area (Å²) in [5.41, 5.74) is 10.6. The second-order valence-corrected chi connectivity index (χ2v) is 5.59. The molecule has 0 aliphatic heterocycles. The second-order valence-electron chi connectivity index (χ2n) is 3.65. The first-order valence-corrected chi connectivity index (χ1v) is 7.78. The van der Waals surface area contributed by atoms with Crippen LogP contribution in [-0.2, 0) is 15.2 Å². The molecule has 10 heteroatoms. The zero-order valence-electron chi connectivity index (χ0n) is 10.7. The van der Waals surface area contributed by atoms with Crippen LogP contribution < -0.4 is 11.5 Å². The molecule has 114 valence electrons. The summed E-state index contributed by atoms with van der Waals surface area (Å²) in [7, 11) is -4.67. The fraction of sp³-hybridized carbons (Fsp3) is 0.778. The highest BCUT2D eigenvalue weighted by atomic mass is 32.3. The van der Waals surface area contributed by atoms with Crippen molar-refractivity contribution in [3.63, 3.8) is 0 Å². The highest BCUT2D eigenvalue weighted by molar-refractivity contribution is 8.26. The Morgan fingerprint density at radius 3 is 2.16 bits per heavy atom. The molecule has 0 amide bonds. The quantitative estimate of drug-likeness (QED) is 0.270. The monoisotopic (exact) mass is 315 g/mol. The average Bonchev–Trinajstić information content (AvgIpc) is 2.20. The standard InChI is InChI=1S/C9H19N3OS.H2O4S/c1-2-3-4-7(5-6-10)8(13)14-9(11)12;1-5(2,3)4/h7H,2-6,10H2,1H3,(H3,11,12);(H2,1,2,3,4). The van der Waals surface area contributed by atoms with Crippen molar-refractivity contribution in [2.45, 2.75) is 32.6 Å². The summed E-state index contributed by atoms with van der Waals surface area (Å²) in [4.78, 5) is 11.5. The molecule has 0 spiro atoms. The van der Waals surface area contributed by atoms with Gasteiger partial charge in [-0.15, -0.1) is 0 Å². The van der Waals surface area contributed by atoms with E-state index in [1.165, 1.54) is 0 Å². The number of nitrogens with one attached hydrogen (secondary N) is 1. The minimum absolute atomic E-state index is 0.0172. The molecule has 8 nitrogen and oxygen atoms in total. The van der Waals surface area contributed by atoms with Crippen molar-refractivity contribution < 1.29 is 22.3 Å². The van der Waals surface area contributed by atoms with E-state index in [0.717, 1.165) is 31.0 Å². The number of amidine groups is 1. The van der Waals surface area contributed by atoms with E-state index in [0.29, 0.717) is 13.0 Å². The van der Waals surface area contributed by atoms with Crippen molar-refractivity contribution in [2.75, 3.05) is 6.54 Å². The van der Waals surface area contributed by atoms with Crippen LogP contribution in [0.1, 0.15) is 32.6 Å². The maximum Gasteiger partial charge on any atom is 0.394 e. The van der Waals surface area contributed by atoms with Gasteiger partial charge in [0, 0.05) is 5.92 Å². The lowest BCUT2D eigenvalue weighted by Crippen LogP contribution is -2.19. The Hall–Kier alpha value is -0.680. The smallest absolute Gasteiger partial charge is 0.378 e. The first-order chi connectivity index (χ1) is 8.61. The van der Waals surface area contributed by atoms with Gasteiger partial charge in [0.15, 0.2) is 10.3 Å². The van der Waals surface area contributed by atoms with Crippen LogP contribution >= 0.6 is 11.8 Å². The van der Waals surface area contributed by atoms with Gasteiger partial charge in [-0.05, 0) is 31.1 Å². The molecule has 0 aliphatic carbocycles. The van der Waals surface area contributed by atoms with Gasteiger partial charge in [0.2, 0.25) is 0 Å². The van der Waals surface area contributed by atoms with E-state index in [-0.39, 0.29) is 16.2 Å². The van der Waals surface area contributed by atoms with Crippen molar-refractivity contribution in [2.24, 2.45) is 17.4 Å². The summed E-state index contributed by atoms with van der Waals surface area (Å²) in [5, 5.41) is 6.87. The van der Waals surface area contributed by atoms with Gasteiger partial charge in [-0.2, -0.15) is 8.42 Å². The molecular formula is C9H21N3O5S2. The molecule has 0 aliphatic rings. The summed E-state index contributed by atoms with van der Waals surface area (Å²) in [6.07, 6.45) is 3.64. The zero-order chi connectivity index (χ0) is 15.5. The van der Waals surface area contributed by atoms with Crippen LogP contribution in [0.2, 0.25) is 0 Å². The van der Waals surface area contributed by atoms with E-state index in [2.05, 4.69) is 6.92 Å². The Bertz CT molecular complexity index is 364. The Balaban J connectivity index is 0. The number of carbonyl (C=O) groups is 1. The van der Waals surface area contributed by atoms with Crippen molar-refractivity contribution in [1.29, 1.82) is 5.41 Å². The average molecular weight is 315 g/mol. The molecule has 0 bridgehead atoms. The van der Waals surface area contributed by atoms with Crippen molar-refractivity contribution in [3.05, 3.63) is 0 Å². The SMILES string of the molecule is CCCCC(CCN)C(=O)SC(=N)N.O=S(=O)(O)O. The summed E-state index contributed by atoms with van der Waals surface area (Å²) in [6, 6.07) is 0. The molecular weight excluding hydrogens is 294 g/mol. The van der Waals surface area contributed by atoms with Crippen LogP contribution in [-0.4, -0.2) is 34.4 Å². The number of carbonyl (C=O) groups excluding carboxylic acids is 1. The van der Waals surface area contributed by atoms with Crippen molar-refractivity contribution in [3.8, 4) is 0 Å². The highest BCUT2D eigenvalue weighted by Crippen LogP contribution is 2.19. The molecule has 0 fully saturated rings. The minimum atomic E-state index is -4.67. The van der Waals surface area contributed by atoms with Crippen LogP contribution in [0.25, 0.3) is 0 Å². The van der Waals surface area contributed by atoms with Crippen molar-refractivity contribution >= 4 is 32.4 Å². The van der Waals surface area contributed by atoms with Crippen LogP contribution in [0.4, 0.5) is 0 Å². The number of hydrogen-bond acceptors (Lipinski definition) is 6. The normalized spacial score (nSPS) is 12.2. The lowest BCUT2D eigenvalue weighted by Gasteiger charge is -2.12. The van der Waals surface area contributed by atoms with Gasteiger partial charge < -0.3 is 11.5 Å². The predicted octanol–water partition coefficient (Wildman–Crippen LogP) is 0.642. The number of rotatable bonds is 6. The van der Waals surface area contributed by atoms with Gasteiger partial charge in [0.05, 0.1) is 0 Å². The van der Waals surface area contributed by atoms with E-state index in [9.17, 15) is 4.79 Å². The summed E-state index contributed by atoms with van der Waals surface area (Å²) < 4.78 is 31.6. The van der Waals surface area contributed by atoms with Gasteiger partial charge in [0.25, 0.3) is 0 Å². The maximum atomic E-state index is 11.5. The summed E-state index contributed by atoms with van der Waals surface area (Å²) in [5.74, 6) is -0.0335. The zero-order valence-corrected chi connectivity index (χ0v) is 12.3. The Kier molecular flexibility index (Phi) is 12.1. The Morgan fingerprint density at radius 1 is 1.37 bits per heavy atom. The third-order valence-corrected chi connectivity index (χ3v) is 2.72. The number of thioether (sulfide) groups is 1. The molecule has 0 aromatic rings. The van der Waals surface area contributed by atoms with E-state index in [1.54, 1.807) is 0 Å². The third-order valence-electron chi connectivity index (χ3n) is 1.97. The third kappa shape index (κ3) is 19.8. The molecule has 0 radical (unpaired) electrons. The molecule has 0 heterocycles. The van der Waals surface area contributed by atoms with Gasteiger partial charge >= 0.3 is 10.4 Å². The van der Waals surface area contributed by atoms with Crippen LogP contribution in [0.5, 0.6) is 0 Å². The topological polar surface area (TPSA) is 168 Å². The molecule has 0 rings (SSSR count). The molecule has 19 heavy (non-hydrogen) atoms. The number of nitrogens with two attached hydrogens (primary N) is 2. The van der Waals surface area contributed by atoms with Gasteiger partial charge in [-0.3, -0.25) is 19.3 Å². The molecule has 0 aromatic heterocycles. The maximum absolute atomic E-state index is 11.5.